The van der Waals surface area contributed by atoms with Gasteiger partial charge in [-0.05, 0) is 36.2 Å². The molecule has 7 heteroatoms. The van der Waals surface area contributed by atoms with Crippen LogP contribution in [-0.4, -0.2) is 21.9 Å². The molecule has 1 unspecified atom stereocenters. The first-order valence-electron chi connectivity index (χ1n) is 10.4. The van der Waals surface area contributed by atoms with Gasteiger partial charge in [-0.15, -0.1) is 11.8 Å². The number of amides is 1. The molecule has 33 heavy (non-hydrogen) atoms. The first-order chi connectivity index (χ1) is 15.9. The molecular formula is C26H21Cl2NO3S. The highest BCUT2D eigenvalue weighted by atomic mass is 35.5. The minimum Gasteiger partial charge on any atom is -0.477 e. The third-order valence-electron chi connectivity index (χ3n) is 5.61. The van der Waals surface area contributed by atoms with Gasteiger partial charge in [0.15, 0.2) is 0 Å². The van der Waals surface area contributed by atoms with E-state index < -0.39 is 12.0 Å². The first-order valence-corrected chi connectivity index (χ1v) is 12.0. The number of thioether (sulfide) groups is 1. The maximum absolute atomic E-state index is 13.9. The van der Waals surface area contributed by atoms with Crippen LogP contribution in [0.1, 0.15) is 46.1 Å². The van der Waals surface area contributed by atoms with E-state index in [0.29, 0.717) is 17.1 Å². The summed E-state index contributed by atoms with van der Waals surface area (Å²) in [5.41, 5.74) is 2.66. The topological polar surface area (TPSA) is 57.6 Å². The second kappa shape index (κ2) is 10.0. The predicted molar refractivity (Wildman–Crippen MR) is 134 cm³/mol. The molecule has 168 valence electrons. The van der Waals surface area contributed by atoms with Crippen molar-refractivity contribution in [2.75, 3.05) is 0 Å². The molecule has 0 radical (unpaired) electrons. The number of aliphatic carboxylic acids is 1. The normalized spacial score (nSPS) is 16.5. The van der Waals surface area contributed by atoms with Crippen LogP contribution in [0.15, 0.2) is 89.5 Å². The summed E-state index contributed by atoms with van der Waals surface area (Å²) in [6.07, 6.45) is 0.407. The van der Waals surface area contributed by atoms with E-state index in [1.165, 1.54) is 17.8 Å². The van der Waals surface area contributed by atoms with E-state index >= 15 is 0 Å². The van der Waals surface area contributed by atoms with Crippen LogP contribution < -0.4 is 0 Å². The largest absolute Gasteiger partial charge is 0.477 e. The van der Waals surface area contributed by atoms with Crippen molar-refractivity contribution in [3.05, 3.63) is 116 Å². The van der Waals surface area contributed by atoms with Crippen molar-refractivity contribution < 1.29 is 14.7 Å². The van der Waals surface area contributed by atoms with Crippen molar-refractivity contribution in [3.8, 4) is 0 Å². The van der Waals surface area contributed by atoms with Crippen LogP contribution in [0, 0.1) is 0 Å². The van der Waals surface area contributed by atoms with Gasteiger partial charge in [0, 0.05) is 22.4 Å². The second-order valence-corrected chi connectivity index (χ2v) is 9.74. The molecule has 4 nitrogen and oxygen atoms in total. The molecule has 0 saturated heterocycles. The molecule has 0 aromatic heterocycles. The van der Waals surface area contributed by atoms with Gasteiger partial charge >= 0.3 is 5.97 Å². The Morgan fingerprint density at radius 2 is 1.64 bits per heavy atom. The van der Waals surface area contributed by atoms with Crippen molar-refractivity contribution in [2.45, 2.75) is 24.6 Å². The number of hydrogen-bond donors (Lipinski definition) is 1. The molecule has 1 aliphatic rings. The summed E-state index contributed by atoms with van der Waals surface area (Å²) in [6.45, 7) is 1.89. The monoisotopic (exact) mass is 497 g/mol. The van der Waals surface area contributed by atoms with E-state index in [1.54, 1.807) is 17.0 Å². The zero-order valence-electron chi connectivity index (χ0n) is 17.7. The number of carbonyl (C=O) groups excluding carboxylic acids is 1. The third-order valence-corrected chi connectivity index (χ3v) is 7.52. The summed E-state index contributed by atoms with van der Waals surface area (Å²) in [5.74, 6) is -1.41. The Hall–Kier alpha value is -2.73. The Morgan fingerprint density at radius 3 is 2.24 bits per heavy atom. The SMILES string of the molecule is C[C@H](c1ccccc1)N(C(=O)c1ccc(Cl)cc1Cl)C1=C(C(=O)O)SC(c2ccccc2)C1. The van der Waals surface area contributed by atoms with Crippen LogP contribution in [-0.2, 0) is 4.79 Å². The summed E-state index contributed by atoms with van der Waals surface area (Å²) >= 11 is 13.7. The lowest BCUT2D eigenvalue weighted by Gasteiger charge is -2.32. The lowest BCUT2D eigenvalue weighted by atomic mass is 10.0. The Balaban J connectivity index is 1.81. The van der Waals surface area contributed by atoms with Crippen molar-refractivity contribution in [2.24, 2.45) is 0 Å². The zero-order valence-corrected chi connectivity index (χ0v) is 20.1. The van der Waals surface area contributed by atoms with E-state index in [1.807, 2.05) is 67.6 Å². The standard InChI is InChI=1S/C26H21Cl2NO3S/c1-16(17-8-4-2-5-9-17)29(25(30)20-13-12-19(27)14-21(20)28)22-15-23(33-24(22)26(31)32)18-10-6-3-7-11-18/h2-14,16,23H,15H2,1H3,(H,31,32)/t16-,23?/m1/s1. The van der Waals surface area contributed by atoms with E-state index in [-0.39, 0.29) is 26.6 Å². The maximum atomic E-state index is 13.9. The van der Waals surface area contributed by atoms with Gasteiger partial charge in [-0.2, -0.15) is 0 Å². The van der Waals surface area contributed by atoms with Gasteiger partial charge in [-0.25, -0.2) is 4.79 Å². The number of carboxylic acid groups (broad SMARTS) is 1. The number of benzene rings is 3. The Labute approximate surface area is 206 Å². The predicted octanol–water partition coefficient (Wildman–Crippen LogP) is 7.37. The summed E-state index contributed by atoms with van der Waals surface area (Å²) in [4.78, 5) is 27.9. The van der Waals surface area contributed by atoms with Crippen molar-refractivity contribution >= 4 is 46.8 Å². The van der Waals surface area contributed by atoms with Gasteiger partial charge in [-0.1, -0.05) is 83.9 Å². The average molecular weight is 498 g/mol. The molecule has 1 amide bonds. The molecule has 4 rings (SSSR count). The molecule has 1 N–H and O–H groups in total. The van der Waals surface area contributed by atoms with Crippen LogP contribution in [0.2, 0.25) is 10.0 Å². The number of hydrogen-bond acceptors (Lipinski definition) is 3. The molecule has 0 aliphatic carbocycles. The van der Waals surface area contributed by atoms with E-state index in [9.17, 15) is 14.7 Å². The van der Waals surface area contributed by atoms with Crippen LogP contribution in [0.3, 0.4) is 0 Å². The van der Waals surface area contributed by atoms with Crippen molar-refractivity contribution in [1.82, 2.24) is 4.90 Å². The van der Waals surface area contributed by atoms with Crippen molar-refractivity contribution in [1.29, 1.82) is 0 Å². The highest BCUT2D eigenvalue weighted by Crippen LogP contribution is 2.50. The highest BCUT2D eigenvalue weighted by Gasteiger charge is 2.38. The number of rotatable bonds is 6. The molecule has 0 spiro atoms. The van der Waals surface area contributed by atoms with E-state index in [4.69, 9.17) is 23.2 Å². The maximum Gasteiger partial charge on any atom is 0.343 e. The molecule has 0 saturated carbocycles. The summed E-state index contributed by atoms with van der Waals surface area (Å²) in [7, 11) is 0. The minimum absolute atomic E-state index is 0.105. The van der Waals surface area contributed by atoms with E-state index in [0.717, 1.165) is 11.1 Å². The van der Waals surface area contributed by atoms with E-state index in [2.05, 4.69) is 0 Å². The van der Waals surface area contributed by atoms with Crippen LogP contribution in [0.25, 0.3) is 0 Å². The zero-order chi connectivity index (χ0) is 23.5. The molecule has 1 heterocycles. The Bertz CT molecular complexity index is 1210. The van der Waals surface area contributed by atoms with Gasteiger partial charge in [0.2, 0.25) is 0 Å². The second-order valence-electron chi connectivity index (χ2n) is 7.69. The molecular weight excluding hydrogens is 477 g/mol. The molecule has 3 aromatic rings. The fourth-order valence-corrected chi connectivity index (χ4v) is 5.69. The number of nitrogens with zero attached hydrogens (tertiary/aromatic N) is 1. The Morgan fingerprint density at radius 1 is 1.00 bits per heavy atom. The minimum atomic E-state index is -1.05. The number of carbonyl (C=O) groups is 2. The summed E-state index contributed by atoms with van der Waals surface area (Å²) in [6, 6.07) is 23.6. The Kier molecular flexibility index (Phi) is 7.13. The fraction of sp³-hybridized carbons (Fsp3) is 0.154. The molecule has 0 fully saturated rings. The lowest BCUT2D eigenvalue weighted by molar-refractivity contribution is -0.131. The smallest absolute Gasteiger partial charge is 0.343 e. The molecule has 0 bridgehead atoms. The molecule has 2 atom stereocenters. The van der Waals surface area contributed by atoms with Gasteiger partial charge < -0.3 is 10.0 Å². The summed E-state index contributed by atoms with van der Waals surface area (Å²) < 4.78 is 0. The van der Waals surface area contributed by atoms with Gasteiger partial charge in [0.1, 0.15) is 4.91 Å². The number of allylic oxidation sites excluding steroid dienone is 1. The van der Waals surface area contributed by atoms with Gasteiger partial charge in [0.05, 0.1) is 16.6 Å². The average Bonchev–Trinajstić information content (AvgIpc) is 3.25. The molecule has 3 aromatic carbocycles. The quantitative estimate of drug-likeness (QED) is 0.386. The molecule has 1 aliphatic heterocycles. The fourth-order valence-electron chi connectivity index (χ4n) is 3.96. The summed E-state index contributed by atoms with van der Waals surface area (Å²) in [5, 5.41) is 10.6. The van der Waals surface area contributed by atoms with Gasteiger partial charge in [0.25, 0.3) is 5.91 Å². The first kappa shape index (κ1) is 23.4. The number of carboxylic acids is 1. The lowest BCUT2D eigenvalue weighted by Crippen LogP contribution is -2.34. The van der Waals surface area contributed by atoms with Crippen molar-refractivity contribution in [3.63, 3.8) is 0 Å². The number of halogens is 2. The van der Waals surface area contributed by atoms with Gasteiger partial charge in [-0.3, -0.25) is 4.79 Å². The highest BCUT2D eigenvalue weighted by molar-refractivity contribution is 8.04. The van der Waals surface area contributed by atoms with Crippen LogP contribution in [0.5, 0.6) is 0 Å². The third kappa shape index (κ3) is 4.96. The van der Waals surface area contributed by atoms with Crippen LogP contribution in [0.4, 0.5) is 0 Å². The van der Waals surface area contributed by atoms with Crippen LogP contribution >= 0.6 is 35.0 Å².